The third-order valence-corrected chi connectivity index (χ3v) is 4.31. The van der Waals surface area contributed by atoms with Crippen LogP contribution >= 0.6 is 0 Å². The van der Waals surface area contributed by atoms with E-state index >= 15 is 0 Å². The van der Waals surface area contributed by atoms with Crippen LogP contribution in [0, 0.1) is 12.8 Å². The molecule has 2 rings (SSSR count). The highest BCUT2D eigenvalue weighted by Crippen LogP contribution is 2.38. The number of likely N-dealkylation sites (tertiary alicyclic amines) is 1. The van der Waals surface area contributed by atoms with Crippen molar-refractivity contribution in [2.75, 3.05) is 13.6 Å². The predicted octanol–water partition coefficient (Wildman–Crippen LogP) is 1.33. The molecule has 2 amide bonds. The Morgan fingerprint density at radius 2 is 2.18 bits per heavy atom. The number of aryl methyl sites for hydroxylation is 1. The molecule has 120 valence electrons. The van der Waals surface area contributed by atoms with Gasteiger partial charge in [0.15, 0.2) is 0 Å². The first-order valence-corrected chi connectivity index (χ1v) is 7.64. The average Bonchev–Trinajstić information content (AvgIpc) is 2.97. The van der Waals surface area contributed by atoms with Gasteiger partial charge in [0, 0.05) is 38.3 Å². The zero-order valence-corrected chi connectivity index (χ0v) is 13.7. The second-order valence-electron chi connectivity index (χ2n) is 5.69. The zero-order valence-electron chi connectivity index (χ0n) is 13.7. The van der Waals surface area contributed by atoms with E-state index in [0.717, 1.165) is 17.7 Å². The topological polar surface area (TPSA) is 67.2 Å². The van der Waals surface area contributed by atoms with Crippen LogP contribution < -0.4 is 5.32 Å². The minimum Gasteiger partial charge on any atom is -0.352 e. The Labute approximate surface area is 131 Å². The van der Waals surface area contributed by atoms with Gasteiger partial charge in [-0.2, -0.15) is 5.10 Å². The number of carbonyl (C=O) groups excluding carboxylic acids is 2. The largest absolute Gasteiger partial charge is 0.352 e. The number of hydrogen-bond donors (Lipinski definition) is 1. The molecule has 0 aromatic carbocycles. The molecule has 22 heavy (non-hydrogen) atoms. The van der Waals surface area contributed by atoms with Crippen molar-refractivity contribution in [3.63, 3.8) is 0 Å². The van der Waals surface area contributed by atoms with Gasteiger partial charge in [-0.15, -0.1) is 0 Å². The van der Waals surface area contributed by atoms with Gasteiger partial charge in [0.05, 0.1) is 18.2 Å². The molecular weight excluding hydrogens is 280 g/mol. The first kappa shape index (κ1) is 16.3. The van der Waals surface area contributed by atoms with E-state index < -0.39 is 0 Å². The first-order valence-electron chi connectivity index (χ1n) is 7.64. The van der Waals surface area contributed by atoms with E-state index in [1.54, 1.807) is 22.8 Å². The molecule has 1 aliphatic heterocycles. The van der Waals surface area contributed by atoms with Crippen LogP contribution in [0.5, 0.6) is 0 Å². The van der Waals surface area contributed by atoms with Crippen LogP contribution in [-0.2, 0) is 16.6 Å². The van der Waals surface area contributed by atoms with Crippen LogP contribution in [0.2, 0.25) is 0 Å². The van der Waals surface area contributed by atoms with Gasteiger partial charge in [-0.3, -0.25) is 14.3 Å². The molecule has 1 aromatic rings. The summed E-state index contributed by atoms with van der Waals surface area (Å²) in [6, 6.07) is -0.239. The Bertz CT molecular complexity index is 591. The van der Waals surface area contributed by atoms with E-state index in [1.807, 2.05) is 33.0 Å². The molecule has 2 heterocycles. The Hall–Kier alpha value is -2.11. The van der Waals surface area contributed by atoms with Crippen molar-refractivity contribution in [2.24, 2.45) is 13.0 Å². The lowest BCUT2D eigenvalue weighted by atomic mass is 9.93. The SMILES string of the molecule is CC/C=C/CNC(=O)[C@H]1CC(=O)N(C)[C@@H]1c1cnn(C)c1C. The third-order valence-electron chi connectivity index (χ3n) is 4.31. The van der Waals surface area contributed by atoms with Crippen LogP contribution in [0.4, 0.5) is 0 Å². The highest BCUT2D eigenvalue weighted by Gasteiger charge is 2.43. The molecule has 0 unspecified atom stereocenters. The van der Waals surface area contributed by atoms with Crippen molar-refractivity contribution in [1.82, 2.24) is 20.0 Å². The van der Waals surface area contributed by atoms with Crippen molar-refractivity contribution in [2.45, 2.75) is 32.7 Å². The molecule has 0 aliphatic carbocycles. The van der Waals surface area contributed by atoms with Crippen LogP contribution in [0.1, 0.15) is 37.1 Å². The van der Waals surface area contributed by atoms with Crippen LogP contribution in [0.15, 0.2) is 18.3 Å². The van der Waals surface area contributed by atoms with Gasteiger partial charge in [-0.1, -0.05) is 19.1 Å². The van der Waals surface area contributed by atoms with Gasteiger partial charge < -0.3 is 10.2 Å². The lowest BCUT2D eigenvalue weighted by molar-refractivity contribution is -0.128. The third kappa shape index (κ3) is 3.05. The highest BCUT2D eigenvalue weighted by atomic mass is 16.2. The van der Waals surface area contributed by atoms with E-state index in [4.69, 9.17) is 0 Å². The van der Waals surface area contributed by atoms with Crippen LogP contribution in [0.3, 0.4) is 0 Å². The summed E-state index contributed by atoms with van der Waals surface area (Å²) in [4.78, 5) is 26.2. The molecular formula is C16H24N4O2. The molecule has 6 nitrogen and oxygen atoms in total. The van der Waals surface area contributed by atoms with Crippen molar-refractivity contribution in [3.05, 3.63) is 29.6 Å². The number of nitrogens with zero attached hydrogens (tertiary/aromatic N) is 3. The number of carbonyl (C=O) groups is 2. The summed E-state index contributed by atoms with van der Waals surface area (Å²) >= 11 is 0. The summed E-state index contributed by atoms with van der Waals surface area (Å²) in [7, 11) is 3.62. The molecule has 0 saturated carbocycles. The normalized spacial score (nSPS) is 21.8. The van der Waals surface area contributed by atoms with Crippen molar-refractivity contribution < 1.29 is 9.59 Å². The van der Waals surface area contributed by atoms with E-state index in [9.17, 15) is 9.59 Å². The molecule has 1 fully saturated rings. The number of rotatable bonds is 5. The number of nitrogens with one attached hydrogen (secondary N) is 1. The molecule has 0 radical (unpaired) electrons. The predicted molar refractivity (Wildman–Crippen MR) is 84.0 cm³/mol. The summed E-state index contributed by atoms with van der Waals surface area (Å²) in [6.45, 7) is 4.50. The van der Waals surface area contributed by atoms with Gasteiger partial charge in [0.1, 0.15) is 0 Å². The minimum absolute atomic E-state index is 0.00231. The Balaban J connectivity index is 2.18. The van der Waals surface area contributed by atoms with Crippen molar-refractivity contribution >= 4 is 11.8 Å². The highest BCUT2D eigenvalue weighted by molar-refractivity contribution is 5.90. The van der Waals surface area contributed by atoms with Gasteiger partial charge in [0.25, 0.3) is 0 Å². The van der Waals surface area contributed by atoms with Crippen LogP contribution in [0.25, 0.3) is 0 Å². The molecule has 6 heteroatoms. The maximum absolute atomic E-state index is 12.5. The Morgan fingerprint density at radius 1 is 1.45 bits per heavy atom. The fraction of sp³-hybridized carbons (Fsp3) is 0.562. The molecule has 1 aliphatic rings. The van der Waals surface area contributed by atoms with Crippen molar-refractivity contribution in [1.29, 1.82) is 0 Å². The van der Waals surface area contributed by atoms with E-state index in [2.05, 4.69) is 10.4 Å². The average molecular weight is 304 g/mol. The molecule has 0 bridgehead atoms. The Morgan fingerprint density at radius 3 is 2.77 bits per heavy atom. The summed E-state index contributed by atoms with van der Waals surface area (Å²) in [5, 5.41) is 7.13. The quantitative estimate of drug-likeness (QED) is 0.835. The molecule has 1 N–H and O–H groups in total. The molecule has 1 aromatic heterocycles. The summed E-state index contributed by atoms with van der Waals surface area (Å²) < 4.78 is 1.77. The monoisotopic (exact) mass is 304 g/mol. The Kier molecular flexibility index (Phi) is 5.00. The fourth-order valence-corrected chi connectivity index (χ4v) is 2.88. The smallest absolute Gasteiger partial charge is 0.226 e. The zero-order chi connectivity index (χ0) is 16.3. The van der Waals surface area contributed by atoms with Gasteiger partial charge in [0.2, 0.25) is 11.8 Å². The number of allylic oxidation sites excluding steroid dienone is 1. The number of amides is 2. The lowest BCUT2D eigenvalue weighted by Crippen LogP contribution is -2.34. The second-order valence-corrected chi connectivity index (χ2v) is 5.69. The number of hydrogen-bond acceptors (Lipinski definition) is 3. The summed E-state index contributed by atoms with van der Waals surface area (Å²) in [6.07, 6.45) is 6.89. The van der Waals surface area contributed by atoms with Gasteiger partial charge in [-0.05, 0) is 13.3 Å². The van der Waals surface area contributed by atoms with Gasteiger partial charge in [-0.25, -0.2) is 0 Å². The van der Waals surface area contributed by atoms with Gasteiger partial charge >= 0.3 is 0 Å². The van der Waals surface area contributed by atoms with Crippen LogP contribution in [-0.4, -0.2) is 40.1 Å². The fourth-order valence-electron chi connectivity index (χ4n) is 2.88. The van der Waals surface area contributed by atoms with E-state index in [0.29, 0.717) is 6.54 Å². The van der Waals surface area contributed by atoms with Crippen molar-refractivity contribution in [3.8, 4) is 0 Å². The maximum Gasteiger partial charge on any atom is 0.226 e. The lowest BCUT2D eigenvalue weighted by Gasteiger charge is -2.24. The van der Waals surface area contributed by atoms with E-state index in [-0.39, 0.29) is 30.2 Å². The summed E-state index contributed by atoms with van der Waals surface area (Å²) in [5.74, 6) is -0.445. The molecule has 0 spiro atoms. The maximum atomic E-state index is 12.5. The van der Waals surface area contributed by atoms with E-state index in [1.165, 1.54) is 0 Å². The minimum atomic E-state index is -0.365. The molecule has 1 saturated heterocycles. The second kappa shape index (κ2) is 6.77. The standard InChI is InChI=1S/C16H24N4O2/c1-5-6-7-8-17-16(22)12-9-14(21)19(3)15(12)13-10-18-20(4)11(13)2/h6-7,10,12,15H,5,8-9H2,1-4H3,(H,17,22)/b7-6+/t12-,15-/m0/s1. The summed E-state index contributed by atoms with van der Waals surface area (Å²) in [5.41, 5.74) is 1.93. The molecule has 2 atom stereocenters. The first-order chi connectivity index (χ1) is 10.5. The number of aromatic nitrogens is 2.